The Labute approximate surface area is 101 Å². The van der Waals surface area contributed by atoms with Gasteiger partial charge in [0.15, 0.2) is 5.82 Å². The molecule has 1 aromatic heterocycles. The molecule has 0 radical (unpaired) electrons. The van der Waals surface area contributed by atoms with Gasteiger partial charge in [-0.05, 0) is 23.8 Å². The Kier molecular flexibility index (Phi) is 4.24. The maximum Gasteiger partial charge on any atom is 0.160 e. The third kappa shape index (κ3) is 3.12. The lowest BCUT2D eigenvalue weighted by molar-refractivity contribution is 0.683. The van der Waals surface area contributed by atoms with Gasteiger partial charge in [0.05, 0.1) is 5.52 Å². The van der Waals surface area contributed by atoms with Gasteiger partial charge in [-0.2, -0.15) is 0 Å². The van der Waals surface area contributed by atoms with Gasteiger partial charge in [-0.1, -0.05) is 38.3 Å². The Balaban J connectivity index is 1.98. The second-order valence-electron chi connectivity index (χ2n) is 4.14. The van der Waals surface area contributed by atoms with Crippen LogP contribution in [0.2, 0.25) is 0 Å². The minimum Gasteiger partial charge on any atom is -0.368 e. The van der Waals surface area contributed by atoms with Crippen molar-refractivity contribution >= 4 is 16.7 Å². The van der Waals surface area contributed by atoms with E-state index in [-0.39, 0.29) is 0 Å². The first-order valence-electron chi connectivity index (χ1n) is 6.24. The van der Waals surface area contributed by atoms with Crippen molar-refractivity contribution in [2.75, 3.05) is 11.9 Å². The van der Waals surface area contributed by atoms with Crippen LogP contribution in [0.15, 0.2) is 24.3 Å². The summed E-state index contributed by atoms with van der Waals surface area (Å²) in [5.74, 6) is 0.840. The van der Waals surface area contributed by atoms with Crippen molar-refractivity contribution in [2.45, 2.75) is 32.6 Å². The molecule has 17 heavy (non-hydrogen) atoms. The molecular formula is C13H18N4. The first-order valence-corrected chi connectivity index (χ1v) is 6.24. The summed E-state index contributed by atoms with van der Waals surface area (Å²) in [6.45, 7) is 3.16. The molecule has 0 aliphatic rings. The third-order valence-corrected chi connectivity index (χ3v) is 2.78. The van der Waals surface area contributed by atoms with E-state index in [9.17, 15) is 0 Å². The molecule has 1 N–H and O–H groups in total. The van der Waals surface area contributed by atoms with E-state index in [1.54, 1.807) is 0 Å². The fourth-order valence-electron chi connectivity index (χ4n) is 1.82. The van der Waals surface area contributed by atoms with Crippen molar-refractivity contribution in [3.63, 3.8) is 0 Å². The number of benzene rings is 1. The minimum absolute atomic E-state index is 0.840. The largest absolute Gasteiger partial charge is 0.368 e. The quantitative estimate of drug-likeness (QED) is 0.775. The highest BCUT2D eigenvalue weighted by atomic mass is 15.3. The molecule has 0 fully saturated rings. The Morgan fingerprint density at radius 1 is 1.06 bits per heavy atom. The average molecular weight is 230 g/mol. The van der Waals surface area contributed by atoms with Crippen LogP contribution in [0.1, 0.15) is 32.6 Å². The molecule has 2 aromatic rings. The second-order valence-corrected chi connectivity index (χ2v) is 4.14. The smallest absolute Gasteiger partial charge is 0.160 e. The zero-order chi connectivity index (χ0) is 11.9. The molecule has 0 saturated heterocycles. The third-order valence-electron chi connectivity index (χ3n) is 2.78. The number of hydrogen-bond acceptors (Lipinski definition) is 4. The van der Waals surface area contributed by atoms with Crippen LogP contribution in [0.3, 0.4) is 0 Å². The lowest BCUT2D eigenvalue weighted by Gasteiger charge is -2.06. The summed E-state index contributed by atoms with van der Waals surface area (Å²) in [6.07, 6.45) is 4.99. The maximum atomic E-state index is 4.05. The molecular weight excluding hydrogens is 212 g/mol. The number of nitrogens with one attached hydrogen (secondary N) is 1. The van der Waals surface area contributed by atoms with Gasteiger partial charge in [-0.3, -0.25) is 0 Å². The van der Waals surface area contributed by atoms with Gasteiger partial charge < -0.3 is 5.32 Å². The predicted octanol–water partition coefficient (Wildman–Crippen LogP) is 3.02. The number of hydrogen-bond donors (Lipinski definition) is 1. The summed E-state index contributed by atoms with van der Waals surface area (Å²) in [7, 11) is 0. The summed E-state index contributed by atoms with van der Waals surface area (Å²) in [5.41, 5.74) is 0.888. The number of nitrogens with zero attached hydrogens (tertiary/aromatic N) is 3. The van der Waals surface area contributed by atoms with Gasteiger partial charge in [-0.25, -0.2) is 0 Å². The second kappa shape index (κ2) is 6.13. The molecule has 1 aromatic carbocycles. The highest BCUT2D eigenvalue weighted by Gasteiger charge is 2.02. The number of fused-ring (bicyclic) bond motifs is 1. The predicted molar refractivity (Wildman–Crippen MR) is 70.0 cm³/mol. The number of anilines is 1. The highest BCUT2D eigenvalue weighted by molar-refractivity contribution is 5.88. The molecule has 0 aliphatic heterocycles. The van der Waals surface area contributed by atoms with Crippen LogP contribution >= 0.6 is 0 Å². The Hall–Kier alpha value is -1.71. The fraction of sp³-hybridized carbons (Fsp3) is 0.462. The van der Waals surface area contributed by atoms with Crippen LogP contribution in [-0.2, 0) is 0 Å². The zero-order valence-corrected chi connectivity index (χ0v) is 10.2. The zero-order valence-electron chi connectivity index (χ0n) is 10.2. The molecule has 4 heteroatoms. The first-order chi connectivity index (χ1) is 8.42. The van der Waals surface area contributed by atoms with Gasteiger partial charge in [0.1, 0.15) is 0 Å². The van der Waals surface area contributed by atoms with Gasteiger partial charge in [0, 0.05) is 11.9 Å². The average Bonchev–Trinajstić information content (AvgIpc) is 2.39. The standard InChI is InChI=1S/C13H18N4/c1-2-3-4-7-10-14-13-11-8-5-6-9-12(11)15-17-16-13/h5-6,8-9H,2-4,7,10H2,1H3,(H,14,15,16). The SMILES string of the molecule is CCCCCCNc1nnnc2ccccc12. The molecule has 0 bridgehead atoms. The molecule has 4 nitrogen and oxygen atoms in total. The topological polar surface area (TPSA) is 50.7 Å². The molecule has 90 valence electrons. The monoisotopic (exact) mass is 230 g/mol. The van der Waals surface area contributed by atoms with E-state index in [2.05, 4.69) is 27.7 Å². The van der Waals surface area contributed by atoms with Crippen LogP contribution in [0.5, 0.6) is 0 Å². The van der Waals surface area contributed by atoms with E-state index in [4.69, 9.17) is 0 Å². The molecule has 0 saturated carbocycles. The van der Waals surface area contributed by atoms with E-state index in [0.717, 1.165) is 23.3 Å². The van der Waals surface area contributed by atoms with Gasteiger partial charge in [0.25, 0.3) is 0 Å². The normalized spacial score (nSPS) is 10.6. The van der Waals surface area contributed by atoms with Gasteiger partial charge in [0.2, 0.25) is 0 Å². The molecule has 0 amide bonds. The molecule has 0 atom stereocenters. The van der Waals surface area contributed by atoms with Crippen molar-refractivity contribution in [3.05, 3.63) is 24.3 Å². The van der Waals surface area contributed by atoms with Crippen LogP contribution in [0, 0.1) is 0 Å². The van der Waals surface area contributed by atoms with Crippen LogP contribution < -0.4 is 5.32 Å². The van der Waals surface area contributed by atoms with Crippen LogP contribution in [0.25, 0.3) is 10.9 Å². The molecule has 1 heterocycles. The Bertz CT molecular complexity index is 464. The Morgan fingerprint density at radius 3 is 2.82 bits per heavy atom. The summed E-state index contributed by atoms with van der Waals surface area (Å²) in [5, 5.41) is 16.2. The fourth-order valence-corrected chi connectivity index (χ4v) is 1.82. The van der Waals surface area contributed by atoms with Crippen molar-refractivity contribution in [2.24, 2.45) is 0 Å². The molecule has 0 unspecified atom stereocenters. The van der Waals surface area contributed by atoms with Gasteiger partial charge >= 0.3 is 0 Å². The van der Waals surface area contributed by atoms with Crippen molar-refractivity contribution in [1.82, 2.24) is 15.4 Å². The lowest BCUT2D eigenvalue weighted by Crippen LogP contribution is -2.05. The molecule has 0 spiro atoms. The summed E-state index contributed by atoms with van der Waals surface area (Å²) >= 11 is 0. The molecule has 2 rings (SSSR count). The number of rotatable bonds is 6. The van der Waals surface area contributed by atoms with E-state index < -0.39 is 0 Å². The minimum atomic E-state index is 0.840. The Morgan fingerprint density at radius 2 is 1.94 bits per heavy atom. The summed E-state index contributed by atoms with van der Waals surface area (Å²) < 4.78 is 0. The van der Waals surface area contributed by atoms with E-state index >= 15 is 0 Å². The van der Waals surface area contributed by atoms with E-state index in [1.807, 2.05) is 24.3 Å². The van der Waals surface area contributed by atoms with E-state index in [0.29, 0.717) is 0 Å². The van der Waals surface area contributed by atoms with Crippen molar-refractivity contribution in [3.8, 4) is 0 Å². The lowest BCUT2D eigenvalue weighted by atomic mass is 10.2. The van der Waals surface area contributed by atoms with Gasteiger partial charge in [-0.15, -0.1) is 10.2 Å². The van der Waals surface area contributed by atoms with Crippen LogP contribution in [-0.4, -0.2) is 22.0 Å². The van der Waals surface area contributed by atoms with Crippen molar-refractivity contribution < 1.29 is 0 Å². The van der Waals surface area contributed by atoms with Crippen molar-refractivity contribution in [1.29, 1.82) is 0 Å². The highest BCUT2D eigenvalue weighted by Crippen LogP contribution is 2.17. The number of aromatic nitrogens is 3. The summed E-state index contributed by atoms with van der Waals surface area (Å²) in [6, 6.07) is 7.92. The van der Waals surface area contributed by atoms with E-state index in [1.165, 1.54) is 25.7 Å². The van der Waals surface area contributed by atoms with Crippen LogP contribution in [0.4, 0.5) is 5.82 Å². The first kappa shape index (κ1) is 11.8. The number of unbranched alkanes of at least 4 members (excludes halogenated alkanes) is 3. The molecule has 0 aliphatic carbocycles. The summed E-state index contributed by atoms with van der Waals surface area (Å²) in [4.78, 5) is 0. The maximum absolute atomic E-state index is 4.05.